The van der Waals surface area contributed by atoms with Crippen LogP contribution in [0.4, 0.5) is 0 Å². The van der Waals surface area contributed by atoms with E-state index in [0.29, 0.717) is 5.92 Å². The predicted molar refractivity (Wildman–Crippen MR) is 79.8 cm³/mol. The lowest BCUT2D eigenvalue weighted by molar-refractivity contribution is 0.284. The van der Waals surface area contributed by atoms with Crippen molar-refractivity contribution in [3.05, 3.63) is 29.8 Å². The zero-order chi connectivity index (χ0) is 13.9. The summed E-state index contributed by atoms with van der Waals surface area (Å²) in [5.74, 6) is 1.51. The number of nitrogens with one attached hydrogen (secondary N) is 1. The van der Waals surface area contributed by atoms with Crippen molar-refractivity contribution < 1.29 is 9.84 Å². The third-order valence-electron chi connectivity index (χ3n) is 3.05. The fraction of sp³-hybridized carbons (Fsp3) is 0.625. The molecular weight excluding hydrogens is 238 g/mol. The molecule has 0 amide bonds. The highest BCUT2D eigenvalue weighted by atomic mass is 16.5. The second-order valence-corrected chi connectivity index (χ2v) is 5.11. The van der Waals surface area contributed by atoms with Crippen LogP contribution in [0.15, 0.2) is 24.3 Å². The Balaban J connectivity index is 2.10. The molecule has 0 fully saturated rings. The van der Waals surface area contributed by atoms with Crippen LogP contribution >= 0.6 is 0 Å². The summed E-state index contributed by atoms with van der Waals surface area (Å²) in [7, 11) is 0. The van der Waals surface area contributed by atoms with Crippen LogP contribution in [0, 0.1) is 0 Å². The first-order chi connectivity index (χ1) is 9.24. The molecule has 0 aromatic heterocycles. The summed E-state index contributed by atoms with van der Waals surface area (Å²) in [5, 5.41) is 11.9. The lowest BCUT2D eigenvalue weighted by Crippen LogP contribution is -2.18. The highest BCUT2D eigenvalue weighted by Gasteiger charge is 2.00. The topological polar surface area (TPSA) is 41.5 Å². The quantitative estimate of drug-likeness (QED) is 0.639. The molecule has 0 aliphatic heterocycles. The molecule has 0 spiro atoms. The molecule has 0 saturated heterocycles. The zero-order valence-electron chi connectivity index (χ0n) is 12.2. The molecule has 0 bridgehead atoms. The van der Waals surface area contributed by atoms with E-state index in [0.717, 1.165) is 44.7 Å². The Hall–Kier alpha value is -1.06. The second kappa shape index (κ2) is 9.82. The third-order valence-corrected chi connectivity index (χ3v) is 3.05. The van der Waals surface area contributed by atoms with Crippen molar-refractivity contribution in [3.8, 4) is 5.75 Å². The van der Waals surface area contributed by atoms with E-state index in [1.54, 1.807) is 0 Å². The van der Waals surface area contributed by atoms with Crippen LogP contribution in [0.25, 0.3) is 0 Å². The van der Waals surface area contributed by atoms with Crippen LogP contribution in [0.3, 0.4) is 0 Å². The fourth-order valence-corrected chi connectivity index (χ4v) is 1.83. The number of hydrogen-bond acceptors (Lipinski definition) is 3. The maximum absolute atomic E-state index is 8.63. The normalized spacial score (nSPS) is 10.9. The van der Waals surface area contributed by atoms with Gasteiger partial charge in [0.15, 0.2) is 0 Å². The average molecular weight is 265 g/mol. The molecule has 19 heavy (non-hydrogen) atoms. The Morgan fingerprint density at radius 1 is 1.16 bits per heavy atom. The molecule has 0 aliphatic carbocycles. The first kappa shape index (κ1) is 16.0. The smallest absolute Gasteiger partial charge is 0.119 e. The van der Waals surface area contributed by atoms with Crippen molar-refractivity contribution in [1.29, 1.82) is 0 Å². The lowest BCUT2D eigenvalue weighted by atomic mass is 10.0. The van der Waals surface area contributed by atoms with Crippen molar-refractivity contribution >= 4 is 0 Å². The van der Waals surface area contributed by atoms with Crippen molar-refractivity contribution in [2.45, 2.75) is 39.0 Å². The van der Waals surface area contributed by atoms with Gasteiger partial charge in [-0.3, -0.25) is 0 Å². The van der Waals surface area contributed by atoms with Gasteiger partial charge in [0.1, 0.15) is 5.75 Å². The lowest BCUT2D eigenvalue weighted by Gasteiger charge is -2.10. The minimum atomic E-state index is 0.266. The second-order valence-electron chi connectivity index (χ2n) is 5.11. The summed E-state index contributed by atoms with van der Waals surface area (Å²) < 4.78 is 5.76. The number of unbranched alkanes of at least 4 members (excludes halogenated alkanes) is 1. The predicted octanol–water partition coefficient (Wildman–Crippen LogP) is 2.94. The maximum Gasteiger partial charge on any atom is 0.119 e. The molecule has 1 aromatic carbocycles. The van der Waals surface area contributed by atoms with Crippen LogP contribution in [-0.4, -0.2) is 31.4 Å². The van der Waals surface area contributed by atoms with Gasteiger partial charge in [-0.25, -0.2) is 0 Å². The van der Waals surface area contributed by atoms with Crippen LogP contribution in [-0.2, 0) is 0 Å². The Kier molecular flexibility index (Phi) is 8.26. The molecule has 0 saturated carbocycles. The summed E-state index contributed by atoms with van der Waals surface area (Å²) in [6, 6.07) is 8.35. The first-order valence-electron chi connectivity index (χ1n) is 7.28. The molecule has 2 N–H and O–H groups in total. The van der Waals surface area contributed by atoms with Crippen molar-refractivity contribution in [2.24, 2.45) is 0 Å². The summed E-state index contributed by atoms with van der Waals surface area (Å²) >= 11 is 0. The molecule has 0 radical (unpaired) electrons. The Morgan fingerprint density at radius 2 is 1.95 bits per heavy atom. The van der Waals surface area contributed by atoms with E-state index in [9.17, 15) is 0 Å². The van der Waals surface area contributed by atoms with Gasteiger partial charge in [-0.1, -0.05) is 26.0 Å². The SMILES string of the molecule is CC(C)c1cccc(OCCCCNCCCO)c1. The summed E-state index contributed by atoms with van der Waals surface area (Å²) in [6.45, 7) is 7.31. The van der Waals surface area contributed by atoms with Gasteiger partial charge in [-0.2, -0.15) is 0 Å². The number of ether oxygens (including phenoxy) is 1. The molecule has 3 nitrogen and oxygen atoms in total. The molecule has 0 atom stereocenters. The van der Waals surface area contributed by atoms with Gasteiger partial charge in [-0.05, 0) is 56.0 Å². The van der Waals surface area contributed by atoms with E-state index in [1.807, 2.05) is 6.07 Å². The van der Waals surface area contributed by atoms with Gasteiger partial charge in [0.2, 0.25) is 0 Å². The first-order valence-corrected chi connectivity index (χ1v) is 7.28. The molecule has 0 aliphatic rings. The Labute approximate surface area is 117 Å². The van der Waals surface area contributed by atoms with Crippen molar-refractivity contribution in [1.82, 2.24) is 5.32 Å². The van der Waals surface area contributed by atoms with Crippen LogP contribution in [0.2, 0.25) is 0 Å². The molecule has 108 valence electrons. The van der Waals surface area contributed by atoms with E-state index in [2.05, 4.69) is 37.4 Å². The molecule has 0 heterocycles. The fourth-order valence-electron chi connectivity index (χ4n) is 1.83. The van der Waals surface area contributed by atoms with Crippen LogP contribution < -0.4 is 10.1 Å². The van der Waals surface area contributed by atoms with Gasteiger partial charge in [0, 0.05) is 6.61 Å². The molecule has 0 unspecified atom stereocenters. The molecule has 1 aromatic rings. The highest BCUT2D eigenvalue weighted by molar-refractivity contribution is 5.30. The van der Waals surface area contributed by atoms with Crippen molar-refractivity contribution in [2.75, 3.05) is 26.3 Å². The Bertz CT molecular complexity index is 339. The van der Waals surface area contributed by atoms with Gasteiger partial charge >= 0.3 is 0 Å². The monoisotopic (exact) mass is 265 g/mol. The molecular formula is C16H27NO2. The van der Waals surface area contributed by atoms with E-state index in [4.69, 9.17) is 9.84 Å². The van der Waals surface area contributed by atoms with Crippen LogP contribution in [0.5, 0.6) is 5.75 Å². The van der Waals surface area contributed by atoms with Crippen LogP contribution in [0.1, 0.15) is 44.6 Å². The third kappa shape index (κ3) is 7.19. The number of benzene rings is 1. The Morgan fingerprint density at radius 3 is 2.68 bits per heavy atom. The summed E-state index contributed by atoms with van der Waals surface area (Å²) in [4.78, 5) is 0. The number of rotatable bonds is 10. The number of aliphatic hydroxyl groups excluding tert-OH is 1. The summed E-state index contributed by atoms with van der Waals surface area (Å²) in [6.07, 6.45) is 2.99. The minimum absolute atomic E-state index is 0.266. The van der Waals surface area contributed by atoms with E-state index < -0.39 is 0 Å². The number of hydrogen-bond donors (Lipinski definition) is 2. The molecule has 1 rings (SSSR count). The highest BCUT2D eigenvalue weighted by Crippen LogP contribution is 2.20. The number of aliphatic hydroxyl groups is 1. The van der Waals surface area contributed by atoms with E-state index in [1.165, 1.54) is 5.56 Å². The summed E-state index contributed by atoms with van der Waals surface area (Å²) in [5.41, 5.74) is 1.32. The van der Waals surface area contributed by atoms with Crippen molar-refractivity contribution in [3.63, 3.8) is 0 Å². The maximum atomic E-state index is 8.63. The zero-order valence-corrected chi connectivity index (χ0v) is 12.2. The van der Waals surface area contributed by atoms with Gasteiger partial charge < -0.3 is 15.2 Å². The largest absolute Gasteiger partial charge is 0.494 e. The van der Waals surface area contributed by atoms with Gasteiger partial charge in [0.25, 0.3) is 0 Å². The van der Waals surface area contributed by atoms with Gasteiger partial charge in [-0.15, -0.1) is 0 Å². The standard InChI is InChI=1S/C16H27NO2/c1-14(2)15-7-5-8-16(13-15)19-12-4-3-9-17-10-6-11-18/h5,7-8,13-14,17-18H,3-4,6,9-12H2,1-2H3. The minimum Gasteiger partial charge on any atom is -0.494 e. The van der Waals surface area contributed by atoms with E-state index >= 15 is 0 Å². The van der Waals surface area contributed by atoms with E-state index in [-0.39, 0.29) is 6.61 Å². The van der Waals surface area contributed by atoms with Gasteiger partial charge in [0.05, 0.1) is 6.61 Å². The molecule has 3 heteroatoms. The average Bonchev–Trinajstić information content (AvgIpc) is 2.42.